The second-order valence-corrected chi connectivity index (χ2v) is 9.46. The topological polar surface area (TPSA) is 58.6 Å². The van der Waals surface area contributed by atoms with Crippen LogP contribution in [0.15, 0.2) is 83.3 Å². The first-order chi connectivity index (χ1) is 17.0. The van der Waals surface area contributed by atoms with Crippen molar-refractivity contribution in [2.75, 3.05) is 13.2 Å². The summed E-state index contributed by atoms with van der Waals surface area (Å²) in [5.74, 6) is 0.222. The number of amides is 2. The summed E-state index contributed by atoms with van der Waals surface area (Å²) in [6, 6.07) is 24.5. The van der Waals surface area contributed by atoms with E-state index < -0.39 is 6.04 Å². The Balaban J connectivity index is 1.88. The predicted octanol–water partition coefficient (Wildman–Crippen LogP) is 5.69. The number of halogens is 1. The molecule has 0 unspecified atom stereocenters. The number of ether oxygens (including phenoxy) is 1. The van der Waals surface area contributed by atoms with Crippen molar-refractivity contribution in [2.45, 2.75) is 45.7 Å². The van der Waals surface area contributed by atoms with Crippen LogP contribution in [0.4, 0.5) is 0 Å². The summed E-state index contributed by atoms with van der Waals surface area (Å²) >= 11 is 3.41. The summed E-state index contributed by atoms with van der Waals surface area (Å²) in [6.45, 7) is 4.86. The van der Waals surface area contributed by atoms with Gasteiger partial charge in [-0.15, -0.1) is 0 Å². The molecule has 0 aliphatic carbocycles. The molecule has 0 saturated carbocycles. The number of benzene rings is 3. The van der Waals surface area contributed by atoms with Crippen LogP contribution in [0.25, 0.3) is 0 Å². The van der Waals surface area contributed by atoms with Gasteiger partial charge >= 0.3 is 0 Å². The fraction of sp³-hybridized carbons (Fsp3) is 0.310. The van der Waals surface area contributed by atoms with E-state index >= 15 is 0 Å². The monoisotopic (exact) mass is 536 g/mol. The SMILES string of the molecule is CCCCNC(=O)[C@H](Cc1ccccc1)N(Cc1ccccc1C)C(=O)COc1ccc(Br)cc1. The molecule has 35 heavy (non-hydrogen) atoms. The molecule has 0 heterocycles. The molecule has 2 amide bonds. The maximum Gasteiger partial charge on any atom is 0.261 e. The fourth-order valence-corrected chi connectivity index (χ4v) is 4.05. The van der Waals surface area contributed by atoms with Gasteiger partial charge in [-0.05, 0) is 54.3 Å². The maximum atomic E-state index is 13.6. The second-order valence-electron chi connectivity index (χ2n) is 8.54. The molecule has 1 N–H and O–H groups in total. The number of unbranched alkanes of at least 4 members (excludes halogenated alkanes) is 1. The smallest absolute Gasteiger partial charge is 0.261 e. The van der Waals surface area contributed by atoms with Crippen molar-refractivity contribution in [3.05, 3.63) is 100 Å². The fourth-order valence-electron chi connectivity index (χ4n) is 3.79. The molecule has 0 saturated heterocycles. The van der Waals surface area contributed by atoms with Crippen LogP contribution >= 0.6 is 15.9 Å². The van der Waals surface area contributed by atoms with E-state index in [2.05, 4.69) is 28.2 Å². The van der Waals surface area contributed by atoms with Gasteiger partial charge in [-0.3, -0.25) is 9.59 Å². The predicted molar refractivity (Wildman–Crippen MR) is 143 cm³/mol. The molecule has 0 bridgehead atoms. The summed E-state index contributed by atoms with van der Waals surface area (Å²) in [6.07, 6.45) is 2.30. The number of hydrogen-bond donors (Lipinski definition) is 1. The molecule has 1 atom stereocenters. The van der Waals surface area contributed by atoms with Gasteiger partial charge in [0.15, 0.2) is 6.61 Å². The summed E-state index contributed by atoms with van der Waals surface area (Å²) in [5, 5.41) is 3.04. The summed E-state index contributed by atoms with van der Waals surface area (Å²) in [7, 11) is 0. The third kappa shape index (κ3) is 8.25. The van der Waals surface area contributed by atoms with Crippen LogP contribution in [0.5, 0.6) is 5.75 Å². The highest BCUT2D eigenvalue weighted by Crippen LogP contribution is 2.19. The van der Waals surface area contributed by atoms with Gasteiger partial charge in [0.05, 0.1) is 0 Å². The van der Waals surface area contributed by atoms with Crippen LogP contribution < -0.4 is 10.1 Å². The molecule has 0 fully saturated rings. The highest BCUT2D eigenvalue weighted by molar-refractivity contribution is 9.10. The quantitative estimate of drug-likeness (QED) is 0.302. The van der Waals surface area contributed by atoms with E-state index in [1.165, 1.54) is 0 Å². The summed E-state index contributed by atoms with van der Waals surface area (Å²) in [4.78, 5) is 28.6. The standard InChI is InChI=1S/C29H33BrN2O3/c1-3-4-18-31-29(34)27(19-23-11-6-5-7-12-23)32(20-24-13-9-8-10-22(24)2)28(33)21-35-26-16-14-25(30)15-17-26/h5-17,27H,3-4,18-21H2,1-2H3,(H,31,34)/t27-/m0/s1. The van der Waals surface area contributed by atoms with E-state index in [1.54, 1.807) is 4.90 Å². The van der Waals surface area contributed by atoms with Gasteiger partial charge in [0.25, 0.3) is 5.91 Å². The van der Waals surface area contributed by atoms with Crippen molar-refractivity contribution >= 4 is 27.7 Å². The van der Waals surface area contributed by atoms with Crippen molar-refractivity contribution < 1.29 is 14.3 Å². The average Bonchev–Trinajstić information content (AvgIpc) is 2.87. The first kappa shape index (κ1) is 26.5. The lowest BCUT2D eigenvalue weighted by atomic mass is 10.0. The van der Waals surface area contributed by atoms with Crippen molar-refractivity contribution in [1.82, 2.24) is 10.2 Å². The highest BCUT2D eigenvalue weighted by atomic mass is 79.9. The van der Waals surface area contributed by atoms with E-state index in [0.717, 1.165) is 34.0 Å². The van der Waals surface area contributed by atoms with Crippen LogP contribution in [-0.4, -0.2) is 35.9 Å². The molecular formula is C29H33BrN2O3. The number of carbonyl (C=O) groups is 2. The Morgan fingerprint density at radius 1 is 0.971 bits per heavy atom. The zero-order valence-electron chi connectivity index (χ0n) is 20.4. The molecule has 0 aliphatic rings. The van der Waals surface area contributed by atoms with Crippen LogP contribution in [-0.2, 0) is 22.6 Å². The second kappa shape index (κ2) is 13.7. The van der Waals surface area contributed by atoms with Gasteiger partial charge in [-0.2, -0.15) is 0 Å². The molecule has 3 aromatic carbocycles. The zero-order chi connectivity index (χ0) is 25.0. The molecule has 0 aromatic heterocycles. The molecule has 0 radical (unpaired) electrons. The van der Waals surface area contributed by atoms with E-state index in [1.807, 2.05) is 85.8 Å². The minimum absolute atomic E-state index is 0.145. The third-order valence-corrected chi connectivity index (χ3v) is 6.41. The zero-order valence-corrected chi connectivity index (χ0v) is 22.0. The molecule has 0 spiro atoms. The van der Waals surface area contributed by atoms with Crippen LogP contribution in [0.2, 0.25) is 0 Å². The van der Waals surface area contributed by atoms with Crippen LogP contribution in [0.3, 0.4) is 0 Å². The lowest BCUT2D eigenvalue weighted by molar-refractivity contribution is -0.142. The molecular weight excluding hydrogens is 504 g/mol. The first-order valence-corrected chi connectivity index (χ1v) is 12.8. The van der Waals surface area contributed by atoms with Gasteiger partial charge in [0, 0.05) is 24.0 Å². The molecule has 5 nitrogen and oxygen atoms in total. The van der Waals surface area contributed by atoms with Gasteiger partial charge in [0.2, 0.25) is 5.91 Å². The Morgan fingerprint density at radius 3 is 2.34 bits per heavy atom. The number of carbonyl (C=O) groups excluding carboxylic acids is 2. The van der Waals surface area contributed by atoms with Crippen molar-refractivity contribution in [3.63, 3.8) is 0 Å². The van der Waals surface area contributed by atoms with Crippen molar-refractivity contribution in [2.24, 2.45) is 0 Å². The number of nitrogens with zero attached hydrogens (tertiary/aromatic N) is 1. The summed E-state index contributed by atoms with van der Waals surface area (Å²) in [5.41, 5.74) is 3.08. The van der Waals surface area contributed by atoms with Gasteiger partial charge in [0.1, 0.15) is 11.8 Å². The Kier molecular flexibility index (Phi) is 10.4. The lowest BCUT2D eigenvalue weighted by Gasteiger charge is -2.32. The van der Waals surface area contributed by atoms with Gasteiger partial charge in [-0.1, -0.05) is 83.9 Å². The third-order valence-electron chi connectivity index (χ3n) is 5.88. The number of nitrogens with one attached hydrogen (secondary N) is 1. The van der Waals surface area contributed by atoms with Crippen molar-refractivity contribution in [3.8, 4) is 5.75 Å². The number of hydrogen-bond acceptors (Lipinski definition) is 3. The van der Waals surface area contributed by atoms with E-state index in [4.69, 9.17) is 4.74 Å². The van der Waals surface area contributed by atoms with E-state index in [-0.39, 0.29) is 18.4 Å². The van der Waals surface area contributed by atoms with Gasteiger partial charge < -0.3 is 15.0 Å². The molecule has 3 aromatic rings. The van der Waals surface area contributed by atoms with E-state index in [0.29, 0.717) is 25.3 Å². The Morgan fingerprint density at radius 2 is 1.66 bits per heavy atom. The molecule has 184 valence electrons. The largest absolute Gasteiger partial charge is 0.484 e. The average molecular weight is 537 g/mol. The van der Waals surface area contributed by atoms with Gasteiger partial charge in [-0.25, -0.2) is 0 Å². The lowest BCUT2D eigenvalue weighted by Crippen LogP contribution is -2.52. The maximum absolute atomic E-state index is 13.6. The minimum Gasteiger partial charge on any atom is -0.484 e. The number of rotatable bonds is 12. The Bertz CT molecular complexity index is 1090. The highest BCUT2D eigenvalue weighted by Gasteiger charge is 2.30. The molecule has 6 heteroatoms. The van der Waals surface area contributed by atoms with Crippen molar-refractivity contribution in [1.29, 1.82) is 0 Å². The Hall–Kier alpha value is -3.12. The minimum atomic E-state index is -0.658. The van der Waals surface area contributed by atoms with E-state index in [9.17, 15) is 9.59 Å². The molecule has 3 rings (SSSR count). The van der Waals surface area contributed by atoms with Crippen LogP contribution in [0.1, 0.15) is 36.5 Å². The first-order valence-electron chi connectivity index (χ1n) is 12.0. The Labute approximate surface area is 216 Å². The number of aryl methyl sites for hydroxylation is 1. The normalized spacial score (nSPS) is 11.5. The molecule has 0 aliphatic heterocycles. The van der Waals surface area contributed by atoms with Crippen LogP contribution in [0, 0.1) is 6.92 Å². The summed E-state index contributed by atoms with van der Waals surface area (Å²) < 4.78 is 6.74.